The number of hydrogen-bond acceptors (Lipinski definition) is 7. The molecule has 1 N–H and O–H groups in total. The molecule has 3 fully saturated rings. The van der Waals surface area contributed by atoms with E-state index in [0.717, 1.165) is 73.5 Å². The second kappa shape index (κ2) is 14.8. The fourth-order valence-corrected chi connectivity index (χ4v) is 12.2. The van der Waals surface area contributed by atoms with Gasteiger partial charge in [0.15, 0.2) is 11.6 Å². The topological polar surface area (TPSA) is 121 Å². The lowest BCUT2D eigenvalue weighted by Crippen LogP contribution is -2.62. The molecule has 1 aromatic carbocycles. The molecule has 0 amide bonds. The number of aliphatic carboxylic acids is 1. The maximum atomic E-state index is 14.2. The number of carboxylic acids is 1. The third-order valence-electron chi connectivity index (χ3n) is 16.0. The van der Waals surface area contributed by atoms with Crippen LogP contribution in [0.3, 0.4) is 0 Å². The second-order valence-corrected chi connectivity index (χ2v) is 19.7. The molecular weight excluding hydrogens is 691 g/mol. The Balaban J connectivity index is 1.28. The molecular formula is C46H67N3O6. The van der Waals surface area contributed by atoms with Crippen molar-refractivity contribution < 1.29 is 29.0 Å². The number of fused-ring (bicyclic) bond motifs is 5. The lowest BCUT2D eigenvalue weighted by molar-refractivity contribution is -0.187. The molecule has 6 rings (SSSR count). The van der Waals surface area contributed by atoms with Gasteiger partial charge in [-0.3, -0.25) is 14.4 Å². The van der Waals surface area contributed by atoms with E-state index >= 15 is 0 Å². The third kappa shape index (κ3) is 6.87. The van der Waals surface area contributed by atoms with Gasteiger partial charge < -0.3 is 19.1 Å². The fraction of sp³-hybridized carbons (Fsp3) is 0.717. The highest BCUT2D eigenvalue weighted by molar-refractivity contribution is 6.00. The smallest absolute Gasteiger partial charge is 0.309 e. The van der Waals surface area contributed by atoms with E-state index in [1.807, 2.05) is 24.3 Å². The SMILES string of the molecule is CC[C@H](CC[C@@]1(C)[C@H](C)CC[C@]2(C)[C@@H]1CC[C@@H]1C3=C(C(C)C)C(=O)C[C@]3(Cc3nnc(-c4ccc(OC)cc4)n3C)CC[C@]12C)OC(=O)CC(C)(C)C(=O)O. The summed E-state index contributed by atoms with van der Waals surface area (Å²) in [4.78, 5) is 38.8. The number of methoxy groups -OCH3 is 1. The lowest BCUT2D eigenvalue weighted by atomic mass is 9.35. The Hall–Kier alpha value is -3.49. The van der Waals surface area contributed by atoms with E-state index in [1.165, 1.54) is 12.0 Å². The molecule has 8 atom stereocenters. The van der Waals surface area contributed by atoms with Gasteiger partial charge in [0.2, 0.25) is 0 Å². The van der Waals surface area contributed by atoms with Crippen LogP contribution in [0.5, 0.6) is 5.75 Å². The van der Waals surface area contributed by atoms with Gasteiger partial charge in [-0.15, -0.1) is 10.2 Å². The first-order valence-electron chi connectivity index (χ1n) is 21.0. The molecule has 0 bridgehead atoms. The molecule has 0 radical (unpaired) electrons. The Labute approximate surface area is 329 Å². The summed E-state index contributed by atoms with van der Waals surface area (Å²) in [5, 5.41) is 19.0. The first-order valence-corrected chi connectivity index (χ1v) is 21.0. The largest absolute Gasteiger partial charge is 0.497 e. The number of carbonyl (C=O) groups is 3. The van der Waals surface area contributed by atoms with E-state index in [2.05, 4.69) is 65.2 Å². The predicted octanol–water partition coefficient (Wildman–Crippen LogP) is 9.82. The molecule has 2 aromatic rings. The van der Waals surface area contributed by atoms with E-state index < -0.39 is 17.4 Å². The van der Waals surface area contributed by atoms with Crippen molar-refractivity contribution in [3.63, 3.8) is 0 Å². The van der Waals surface area contributed by atoms with Crippen molar-refractivity contribution in [1.82, 2.24) is 14.8 Å². The Morgan fingerprint density at radius 1 is 1.02 bits per heavy atom. The van der Waals surface area contributed by atoms with E-state index in [-0.39, 0.29) is 40.1 Å². The molecule has 9 nitrogen and oxygen atoms in total. The van der Waals surface area contributed by atoms with E-state index in [4.69, 9.17) is 14.6 Å². The van der Waals surface area contributed by atoms with Crippen molar-refractivity contribution in [3.05, 3.63) is 41.2 Å². The van der Waals surface area contributed by atoms with Crippen molar-refractivity contribution in [2.75, 3.05) is 7.11 Å². The summed E-state index contributed by atoms with van der Waals surface area (Å²) in [6, 6.07) is 7.95. The van der Waals surface area contributed by atoms with E-state index in [9.17, 15) is 19.5 Å². The molecule has 0 unspecified atom stereocenters. The summed E-state index contributed by atoms with van der Waals surface area (Å²) < 4.78 is 13.5. The highest BCUT2D eigenvalue weighted by atomic mass is 16.5. The van der Waals surface area contributed by atoms with Gasteiger partial charge >= 0.3 is 11.9 Å². The summed E-state index contributed by atoms with van der Waals surface area (Å²) >= 11 is 0. The summed E-state index contributed by atoms with van der Waals surface area (Å²) in [7, 11) is 3.72. The van der Waals surface area contributed by atoms with Gasteiger partial charge in [-0.2, -0.15) is 0 Å². The number of carboxylic acid groups (broad SMARTS) is 1. The summed E-state index contributed by atoms with van der Waals surface area (Å²) in [5.41, 5.74) is 2.29. The molecule has 0 saturated heterocycles. The Kier molecular flexibility index (Phi) is 11.1. The molecule has 4 aliphatic rings. The number of nitrogens with zero attached hydrogens (tertiary/aromatic N) is 3. The van der Waals surface area contributed by atoms with Gasteiger partial charge in [-0.25, -0.2) is 0 Å². The maximum absolute atomic E-state index is 14.2. The number of allylic oxidation sites excluding steroid dienone is 2. The number of rotatable bonds is 13. The molecule has 3 saturated carbocycles. The maximum Gasteiger partial charge on any atom is 0.309 e. The van der Waals surface area contributed by atoms with Crippen molar-refractivity contribution in [2.24, 2.45) is 57.8 Å². The molecule has 9 heteroatoms. The highest BCUT2D eigenvalue weighted by Crippen LogP contribution is 2.75. The zero-order chi connectivity index (χ0) is 40.3. The minimum absolute atomic E-state index is 0.0358. The number of Topliss-reactive ketones (excluding diaryl/α,β-unsaturated/α-hetero) is 1. The number of ketones is 1. The first kappa shape index (κ1) is 41.2. The summed E-state index contributed by atoms with van der Waals surface area (Å²) in [5.74, 6) is 2.99. The Morgan fingerprint density at radius 2 is 1.71 bits per heavy atom. The number of carbonyl (C=O) groups excluding carboxylic acids is 2. The van der Waals surface area contributed by atoms with Crippen LogP contribution in [-0.2, 0) is 32.6 Å². The van der Waals surface area contributed by atoms with Crippen LogP contribution in [0.4, 0.5) is 0 Å². The van der Waals surface area contributed by atoms with Crippen LogP contribution in [0, 0.1) is 50.7 Å². The molecule has 55 heavy (non-hydrogen) atoms. The van der Waals surface area contributed by atoms with Crippen LogP contribution in [0.25, 0.3) is 11.4 Å². The predicted molar refractivity (Wildman–Crippen MR) is 214 cm³/mol. The van der Waals surface area contributed by atoms with Crippen LogP contribution >= 0.6 is 0 Å². The number of benzene rings is 1. The quantitative estimate of drug-likeness (QED) is 0.201. The van der Waals surface area contributed by atoms with Crippen molar-refractivity contribution >= 4 is 17.7 Å². The van der Waals surface area contributed by atoms with Gasteiger partial charge in [0.25, 0.3) is 0 Å². The normalized spacial score (nSPS) is 32.5. The fourth-order valence-electron chi connectivity index (χ4n) is 12.2. The van der Waals surface area contributed by atoms with Gasteiger partial charge in [-0.1, -0.05) is 54.0 Å². The Morgan fingerprint density at radius 3 is 2.33 bits per heavy atom. The lowest BCUT2D eigenvalue weighted by Gasteiger charge is -2.69. The molecule has 0 aliphatic heterocycles. The number of hydrogen-bond donors (Lipinski definition) is 1. The number of ether oxygens (including phenoxy) is 2. The minimum Gasteiger partial charge on any atom is -0.497 e. The second-order valence-electron chi connectivity index (χ2n) is 19.7. The third-order valence-corrected chi connectivity index (χ3v) is 16.0. The molecule has 1 heterocycles. The standard InChI is InChI=1S/C46H67N3O6/c1-12-31(55-37(51)27-42(5,6)41(52)53)20-21-43(7)29(4)19-22-45(9)35(43)18-17-33-39-38(28(2)3)34(50)25-46(39,24-23-44(33,45)8)26-36-47-48-40(49(36)10)30-13-15-32(54-11)16-14-30/h13-16,28-29,31,33,35H,12,17-27H2,1-11H3,(H,52,53)/t29-,31-,33-,35-,43+,44-,45-,46+/m1/s1. The summed E-state index contributed by atoms with van der Waals surface area (Å²) in [6.07, 6.45) is 9.94. The first-order chi connectivity index (χ1) is 25.8. The van der Waals surface area contributed by atoms with Crippen molar-refractivity contribution in [1.29, 1.82) is 0 Å². The molecule has 0 spiro atoms. The molecule has 1 aromatic heterocycles. The minimum atomic E-state index is -1.16. The van der Waals surface area contributed by atoms with Crippen LogP contribution in [0.15, 0.2) is 35.4 Å². The van der Waals surface area contributed by atoms with Crippen LogP contribution in [0.1, 0.15) is 139 Å². The van der Waals surface area contributed by atoms with Gasteiger partial charge in [0.05, 0.1) is 18.9 Å². The highest BCUT2D eigenvalue weighted by Gasteiger charge is 2.67. The monoisotopic (exact) mass is 758 g/mol. The van der Waals surface area contributed by atoms with Crippen LogP contribution in [-0.4, -0.2) is 50.8 Å². The molecule has 302 valence electrons. The van der Waals surface area contributed by atoms with Gasteiger partial charge in [0.1, 0.15) is 17.7 Å². The van der Waals surface area contributed by atoms with Gasteiger partial charge in [-0.05, 0) is 141 Å². The van der Waals surface area contributed by atoms with Crippen molar-refractivity contribution in [2.45, 2.75) is 145 Å². The number of esters is 1. The average molecular weight is 758 g/mol. The zero-order valence-electron chi connectivity index (χ0n) is 35.5. The van der Waals surface area contributed by atoms with Crippen molar-refractivity contribution in [3.8, 4) is 17.1 Å². The van der Waals surface area contributed by atoms with Gasteiger partial charge in [0, 0.05) is 30.9 Å². The van der Waals surface area contributed by atoms with Crippen LogP contribution in [0.2, 0.25) is 0 Å². The number of aromatic nitrogens is 3. The zero-order valence-corrected chi connectivity index (χ0v) is 35.5. The van der Waals surface area contributed by atoms with Crippen LogP contribution < -0.4 is 4.74 Å². The van der Waals surface area contributed by atoms with E-state index in [1.54, 1.807) is 21.0 Å². The van der Waals surface area contributed by atoms with E-state index in [0.29, 0.717) is 42.8 Å². The average Bonchev–Trinajstić information content (AvgIpc) is 3.64. The summed E-state index contributed by atoms with van der Waals surface area (Å²) in [6.45, 7) is 19.7. The molecule has 4 aliphatic carbocycles. The Bertz CT molecular complexity index is 1830.